The Morgan fingerprint density at radius 3 is 2.93 bits per heavy atom. The van der Waals surface area contributed by atoms with E-state index in [0.717, 1.165) is 10.3 Å². The number of anilines is 1. The zero-order valence-corrected chi connectivity index (χ0v) is 8.73. The third-order valence-electron chi connectivity index (χ3n) is 1.56. The first-order valence-electron chi connectivity index (χ1n) is 3.95. The summed E-state index contributed by atoms with van der Waals surface area (Å²) in [5.74, 6) is 1.38. The van der Waals surface area contributed by atoms with E-state index in [1.54, 1.807) is 6.20 Å². The van der Waals surface area contributed by atoms with E-state index in [4.69, 9.17) is 0 Å². The third-order valence-corrected chi connectivity index (χ3v) is 2.03. The Bertz CT molecular complexity index is 386. The first kappa shape index (κ1) is 9.14. The molecule has 2 aromatic heterocycles. The molecule has 0 unspecified atom stereocenters. The van der Waals surface area contributed by atoms with E-state index in [0.29, 0.717) is 12.4 Å². The van der Waals surface area contributed by atoms with Crippen molar-refractivity contribution in [2.75, 3.05) is 5.32 Å². The van der Waals surface area contributed by atoms with Gasteiger partial charge in [-0.3, -0.25) is 0 Å². The maximum Gasteiger partial charge on any atom is 0.213 e. The Balaban J connectivity index is 1.95. The molecule has 2 aromatic rings. The Labute approximate surface area is 88.7 Å². The Morgan fingerprint density at radius 2 is 2.29 bits per heavy atom. The zero-order valence-electron chi connectivity index (χ0n) is 7.14. The summed E-state index contributed by atoms with van der Waals surface area (Å²) in [7, 11) is 0. The molecule has 0 fully saturated rings. The maximum atomic E-state index is 4.59. The number of halogens is 1. The van der Waals surface area contributed by atoms with E-state index in [1.165, 1.54) is 6.39 Å². The standard InChI is InChI=1S/C8H7BrN4O/c9-6-1-2-7(10-3-6)11-4-8-12-5-14-13-8/h1-3,5H,4H2,(H,10,11). The average Bonchev–Trinajstić information content (AvgIpc) is 2.70. The fourth-order valence-electron chi connectivity index (χ4n) is 0.920. The van der Waals surface area contributed by atoms with Crippen molar-refractivity contribution in [2.24, 2.45) is 0 Å². The SMILES string of the molecule is Brc1ccc(NCc2ncon2)nc1. The zero-order chi connectivity index (χ0) is 9.80. The van der Waals surface area contributed by atoms with E-state index in [2.05, 4.69) is 40.9 Å². The number of pyridine rings is 1. The number of hydrogen-bond acceptors (Lipinski definition) is 5. The predicted molar refractivity (Wildman–Crippen MR) is 53.6 cm³/mol. The lowest BCUT2D eigenvalue weighted by Crippen LogP contribution is -2.02. The molecule has 1 N–H and O–H groups in total. The van der Waals surface area contributed by atoms with Crippen LogP contribution in [0.2, 0.25) is 0 Å². The van der Waals surface area contributed by atoms with Crippen LogP contribution in [0.25, 0.3) is 0 Å². The summed E-state index contributed by atoms with van der Waals surface area (Å²) in [5, 5.41) is 6.72. The molecule has 0 bridgehead atoms. The molecular weight excluding hydrogens is 248 g/mol. The average molecular weight is 255 g/mol. The van der Waals surface area contributed by atoms with Crippen LogP contribution in [0.4, 0.5) is 5.82 Å². The summed E-state index contributed by atoms with van der Waals surface area (Å²) in [6, 6.07) is 3.77. The molecule has 0 aliphatic carbocycles. The second-order valence-corrected chi connectivity index (χ2v) is 3.48. The second-order valence-electron chi connectivity index (χ2n) is 2.56. The Kier molecular flexibility index (Phi) is 2.73. The van der Waals surface area contributed by atoms with Gasteiger partial charge in [0, 0.05) is 10.7 Å². The van der Waals surface area contributed by atoms with Crippen LogP contribution >= 0.6 is 15.9 Å². The number of nitrogens with one attached hydrogen (secondary N) is 1. The quantitative estimate of drug-likeness (QED) is 0.906. The van der Waals surface area contributed by atoms with E-state index < -0.39 is 0 Å². The fourth-order valence-corrected chi connectivity index (χ4v) is 1.15. The molecule has 0 amide bonds. The molecular formula is C8H7BrN4O. The van der Waals surface area contributed by atoms with Crippen molar-refractivity contribution in [3.63, 3.8) is 0 Å². The largest absolute Gasteiger partial charge is 0.363 e. The highest BCUT2D eigenvalue weighted by Gasteiger charge is 1.98. The minimum atomic E-state index is 0.505. The van der Waals surface area contributed by atoms with Gasteiger partial charge in [-0.2, -0.15) is 4.98 Å². The molecule has 5 nitrogen and oxygen atoms in total. The molecule has 0 saturated heterocycles. The molecule has 0 spiro atoms. The van der Waals surface area contributed by atoms with E-state index >= 15 is 0 Å². The summed E-state index contributed by atoms with van der Waals surface area (Å²) in [6.07, 6.45) is 3.02. The summed E-state index contributed by atoms with van der Waals surface area (Å²) in [5.41, 5.74) is 0. The van der Waals surface area contributed by atoms with Gasteiger partial charge in [0.05, 0.1) is 6.54 Å². The van der Waals surface area contributed by atoms with Crippen LogP contribution < -0.4 is 5.32 Å². The number of nitrogens with zero attached hydrogens (tertiary/aromatic N) is 3. The molecule has 6 heteroatoms. The van der Waals surface area contributed by atoms with Gasteiger partial charge in [0.25, 0.3) is 0 Å². The van der Waals surface area contributed by atoms with Crippen LogP contribution in [-0.4, -0.2) is 15.1 Å². The lowest BCUT2D eigenvalue weighted by Gasteiger charge is -2.01. The van der Waals surface area contributed by atoms with Crippen molar-refractivity contribution in [3.8, 4) is 0 Å². The minimum absolute atomic E-state index is 0.505. The van der Waals surface area contributed by atoms with Gasteiger partial charge in [-0.15, -0.1) is 0 Å². The number of rotatable bonds is 3. The monoisotopic (exact) mass is 254 g/mol. The lowest BCUT2D eigenvalue weighted by molar-refractivity contribution is 0.411. The van der Waals surface area contributed by atoms with Gasteiger partial charge in [0.15, 0.2) is 5.82 Å². The van der Waals surface area contributed by atoms with Gasteiger partial charge in [-0.25, -0.2) is 4.98 Å². The molecule has 0 aliphatic heterocycles. The highest BCUT2D eigenvalue weighted by molar-refractivity contribution is 9.10. The van der Waals surface area contributed by atoms with Crippen LogP contribution in [0.5, 0.6) is 0 Å². The lowest BCUT2D eigenvalue weighted by atomic mass is 10.4. The molecule has 0 aliphatic rings. The smallest absolute Gasteiger partial charge is 0.213 e. The number of hydrogen-bond donors (Lipinski definition) is 1. The van der Waals surface area contributed by atoms with Crippen molar-refractivity contribution < 1.29 is 4.52 Å². The van der Waals surface area contributed by atoms with Crippen molar-refractivity contribution >= 4 is 21.7 Å². The van der Waals surface area contributed by atoms with Crippen LogP contribution in [0.3, 0.4) is 0 Å². The van der Waals surface area contributed by atoms with Gasteiger partial charge in [0.2, 0.25) is 6.39 Å². The van der Waals surface area contributed by atoms with E-state index in [9.17, 15) is 0 Å². The maximum absolute atomic E-state index is 4.59. The molecule has 0 atom stereocenters. The highest BCUT2D eigenvalue weighted by atomic mass is 79.9. The number of aromatic nitrogens is 3. The van der Waals surface area contributed by atoms with E-state index in [-0.39, 0.29) is 0 Å². The van der Waals surface area contributed by atoms with Gasteiger partial charge in [-0.05, 0) is 28.1 Å². The minimum Gasteiger partial charge on any atom is -0.363 e. The Hall–Kier alpha value is -1.43. The second kappa shape index (κ2) is 4.19. The predicted octanol–water partition coefficient (Wildman–Crippen LogP) is 1.84. The van der Waals surface area contributed by atoms with Gasteiger partial charge >= 0.3 is 0 Å². The van der Waals surface area contributed by atoms with Crippen molar-refractivity contribution in [2.45, 2.75) is 6.54 Å². The van der Waals surface area contributed by atoms with Crippen LogP contribution in [0, 0.1) is 0 Å². The third kappa shape index (κ3) is 2.29. The summed E-state index contributed by atoms with van der Waals surface area (Å²) >= 11 is 3.31. The van der Waals surface area contributed by atoms with Crippen molar-refractivity contribution in [3.05, 3.63) is 35.0 Å². The first-order valence-corrected chi connectivity index (χ1v) is 4.74. The fraction of sp³-hybridized carbons (Fsp3) is 0.125. The molecule has 14 heavy (non-hydrogen) atoms. The van der Waals surface area contributed by atoms with Gasteiger partial charge in [0.1, 0.15) is 5.82 Å². The molecule has 72 valence electrons. The molecule has 0 saturated carbocycles. The molecule has 2 rings (SSSR count). The topological polar surface area (TPSA) is 63.8 Å². The summed E-state index contributed by atoms with van der Waals surface area (Å²) in [6.45, 7) is 0.505. The Morgan fingerprint density at radius 1 is 1.36 bits per heavy atom. The normalized spacial score (nSPS) is 10.1. The van der Waals surface area contributed by atoms with Crippen LogP contribution in [-0.2, 0) is 6.54 Å². The van der Waals surface area contributed by atoms with Crippen molar-refractivity contribution in [1.82, 2.24) is 15.1 Å². The molecule has 2 heterocycles. The van der Waals surface area contributed by atoms with Crippen LogP contribution in [0.15, 0.2) is 33.7 Å². The van der Waals surface area contributed by atoms with Crippen molar-refractivity contribution in [1.29, 1.82) is 0 Å². The van der Waals surface area contributed by atoms with E-state index in [1.807, 2.05) is 12.1 Å². The van der Waals surface area contributed by atoms with Crippen LogP contribution in [0.1, 0.15) is 5.82 Å². The molecule has 0 radical (unpaired) electrons. The molecule has 0 aromatic carbocycles. The highest BCUT2D eigenvalue weighted by Crippen LogP contribution is 2.10. The first-order chi connectivity index (χ1) is 6.84. The van der Waals surface area contributed by atoms with Gasteiger partial charge in [-0.1, -0.05) is 5.16 Å². The summed E-state index contributed by atoms with van der Waals surface area (Å²) < 4.78 is 5.54. The summed E-state index contributed by atoms with van der Waals surface area (Å²) in [4.78, 5) is 8.01. The van der Waals surface area contributed by atoms with Gasteiger partial charge < -0.3 is 9.84 Å².